The molecule has 8 heteroatoms. The number of H-pyrrole nitrogens is 1. The van der Waals surface area contributed by atoms with Gasteiger partial charge in [0, 0.05) is 25.0 Å². The van der Waals surface area contributed by atoms with Gasteiger partial charge in [-0.05, 0) is 24.7 Å². The highest BCUT2D eigenvalue weighted by molar-refractivity contribution is 5.93. The Bertz CT molecular complexity index is 973. The molecule has 0 amide bonds. The Kier molecular flexibility index (Phi) is 6.46. The zero-order valence-electron chi connectivity index (χ0n) is 16.2. The van der Waals surface area contributed by atoms with Gasteiger partial charge in [-0.2, -0.15) is 0 Å². The number of carbonyl (C=O) groups excluding carboxylic acids is 3. The van der Waals surface area contributed by atoms with Gasteiger partial charge in [0.1, 0.15) is 5.69 Å². The zero-order valence-corrected chi connectivity index (χ0v) is 16.2. The van der Waals surface area contributed by atoms with Gasteiger partial charge in [-0.3, -0.25) is 4.79 Å². The highest BCUT2D eigenvalue weighted by Gasteiger charge is 2.21. The molecule has 2 N–H and O–H groups in total. The summed E-state index contributed by atoms with van der Waals surface area (Å²) in [7, 11) is 1.71. The predicted octanol–water partition coefficient (Wildman–Crippen LogP) is 2.84. The first-order valence-corrected chi connectivity index (χ1v) is 9.23. The monoisotopic (exact) mass is 398 g/mol. The second kappa shape index (κ2) is 9.20. The molecule has 0 fully saturated rings. The minimum absolute atomic E-state index is 0.0527. The molecule has 2 heterocycles. The summed E-state index contributed by atoms with van der Waals surface area (Å²) in [6.07, 6.45) is 1.06. The molecule has 3 aromatic rings. The van der Waals surface area contributed by atoms with Crippen molar-refractivity contribution in [2.45, 2.75) is 26.1 Å². The molecular formula is C21H22N2O6. The molecule has 0 saturated heterocycles. The molecule has 0 saturated carbocycles. The number of nitrogens with one attached hydrogen (secondary N) is 2. The molecule has 3 rings (SSSR count). The number of aromatic nitrogens is 1. The van der Waals surface area contributed by atoms with E-state index in [0.29, 0.717) is 29.6 Å². The lowest BCUT2D eigenvalue weighted by Gasteiger charge is -2.16. The van der Waals surface area contributed by atoms with Crippen LogP contribution in [0.15, 0.2) is 47.1 Å². The van der Waals surface area contributed by atoms with E-state index in [1.54, 1.807) is 44.3 Å². The number of likely N-dealkylation sites (N-methyl/N-ethyl adjacent to an activating group) is 1. The Labute approximate surface area is 167 Å². The number of benzene rings is 1. The van der Waals surface area contributed by atoms with Crippen LogP contribution in [0.1, 0.15) is 39.8 Å². The van der Waals surface area contributed by atoms with E-state index in [-0.39, 0.29) is 17.9 Å². The van der Waals surface area contributed by atoms with E-state index < -0.39 is 18.2 Å². The first-order chi connectivity index (χ1) is 14.0. The molecular weight excluding hydrogens is 376 g/mol. The Balaban J connectivity index is 1.58. The third-order valence-corrected chi connectivity index (χ3v) is 4.24. The number of aromatic amines is 1. The molecule has 2 aromatic heterocycles. The number of furan rings is 1. The smallest absolute Gasteiger partial charge is 0.357 e. The molecule has 1 unspecified atom stereocenters. The van der Waals surface area contributed by atoms with Gasteiger partial charge in [0.05, 0.1) is 23.9 Å². The summed E-state index contributed by atoms with van der Waals surface area (Å²) in [5.74, 6) is -1.20. The van der Waals surface area contributed by atoms with E-state index in [1.807, 2.05) is 0 Å². The molecule has 152 valence electrons. The SMILES string of the molecule is CCC(OC(=O)c1ccc(CC(=O)CNC)cc1)OC(=O)c1cc2occc2[nH]1. The van der Waals surface area contributed by atoms with Crippen LogP contribution in [0, 0.1) is 0 Å². The van der Waals surface area contributed by atoms with Gasteiger partial charge in [-0.1, -0.05) is 19.1 Å². The lowest BCUT2D eigenvalue weighted by Crippen LogP contribution is -2.24. The Morgan fingerprint density at radius 1 is 1.10 bits per heavy atom. The molecule has 8 nitrogen and oxygen atoms in total. The number of Topliss-reactive ketones (excluding diaryl/α,β-unsaturated/α-hetero) is 1. The Hall–Kier alpha value is -3.39. The lowest BCUT2D eigenvalue weighted by atomic mass is 10.1. The van der Waals surface area contributed by atoms with E-state index in [2.05, 4.69) is 10.3 Å². The average Bonchev–Trinajstić information content (AvgIpc) is 3.30. The van der Waals surface area contributed by atoms with Crippen LogP contribution in [0.25, 0.3) is 11.1 Å². The van der Waals surface area contributed by atoms with Gasteiger partial charge < -0.3 is 24.2 Å². The minimum atomic E-state index is -1.03. The minimum Gasteiger partial charge on any atom is -0.463 e. The third-order valence-electron chi connectivity index (χ3n) is 4.24. The normalized spacial score (nSPS) is 11.9. The maximum atomic E-state index is 12.4. The van der Waals surface area contributed by atoms with E-state index in [0.717, 1.165) is 5.56 Å². The second-order valence-electron chi connectivity index (χ2n) is 6.47. The number of fused-ring (bicyclic) bond motifs is 1. The van der Waals surface area contributed by atoms with Crippen LogP contribution in [0.3, 0.4) is 0 Å². The maximum absolute atomic E-state index is 12.4. The molecule has 0 spiro atoms. The molecule has 1 atom stereocenters. The molecule has 29 heavy (non-hydrogen) atoms. The Morgan fingerprint density at radius 2 is 1.83 bits per heavy atom. The van der Waals surface area contributed by atoms with Gasteiger partial charge in [0.15, 0.2) is 11.4 Å². The van der Waals surface area contributed by atoms with Crippen LogP contribution in [-0.2, 0) is 20.7 Å². The molecule has 0 bridgehead atoms. The van der Waals surface area contributed by atoms with Gasteiger partial charge in [-0.25, -0.2) is 9.59 Å². The van der Waals surface area contributed by atoms with Crippen molar-refractivity contribution in [2.24, 2.45) is 0 Å². The second-order valence-corrected chi connectivity index (χ2v) is 6.47. The summed E-state index contributed by atoms with van der Waals surface area (Å²) >= 11 is 0. The topological polar surface area (TPSA) is 111 Å². The van der Waals surface area contributed by atoms with Gasteiger partial charge in [-0.15, -0.1) is 0 Å². The number of carbonyl (C=O) groups is 3. The Morgan fingerprint density at radius 3 is 2.48 bits per heavy atom. The fourth-order valence-electron chi connectivity index (χ4n) is 2.77. The van der Waals surface area contributed by atoms with Crippen molar-refractivity contribution in [3.63, 3.8) is 0 Å². The maximum Gasteiger partial charge on any atom is 0.357 e. The van der Waals surface area contributed by atoms with Crippen LogP contribution in [0.4, 0.5) is 0 Å². The van der Waals surface area contributed by atoms with Crippen LogP contribution >= 0.6 is 0 Å². The molecule has 0 aliphatic carbocycles. The molecule has 1 aromatic carbocycles. The quantitative estimate of drug-likeness (QED) is 0.421. The summed E-state index contributed by atoms with van der Waals surface area (Å²) in [6, 6.07) is 9.78. The van der Waals surface area contributed by atoms with Crippen molar-refractivity contribution in [1.82, 2.24) is 10.3 Å². The fourth-order valence-corrected chi connectivity index (χ4v) is 2.77. The first-order valence-electron chi connectivity index (χ1n) is 9.23. The summed E-state index contributed by atoms with van der Waals surface area (Å²) in [4.78, 5) is 39.2. The zero-order chi connectivity index (χ0) is 20.8. The van der Waals surface area contributed by atoms with E-state index in [1.165, 1.54) is 12.3 Å². The predicted molar refractivity (Wildman–Crippen MR) is 105 cm³/mol. The van der Waals surface area contributed by atoms with Crippen molar-refractivity contribution >= 4 is 28.8 Å². The van der Waals surface area contributed by atoms with Crippen LogP contribution < -0.4 is 5.32 Å². The van der Waals surface area contributed by atoms with Crippen molar-refractivity contribution in [3.05, 3.63) is 59.5 Å². The largest absolute Gasteiger partial charge is 0.463 e. The van der Waals surface area contributed by atoms with Crippen molar-refractivity contribution in [1.29, 1.82) is 0 Å². The van der Waals surface area contributed by atoms with Gasteiger partial charge in [0.2, 0.25) is 6.29 Å². The average molecular weight is 398 g/mol. The van der Waals surface area contributed by atoms with Crippen molar-refractivity contribution in [2.75, 3.05) is 13.6 Å². The highest BCUT2D eigenvalue weighted by atomic mass is 16.7. The van der Waals surface area contributed by atoms with Crippen LogP contribution in [0.2, 0.25) is 0 Å². The molecule has 0 radical (unpaired) electrons. The fraction of sp³-hybridized carbons (Fsp3) is 0.286. The summed E-state index contributed by atoms with van der Waals surface area (Å²) in [5, 5.41) is 2.81. The number of ether oxygens (including phenoxy) is 2. The van der Waals surface area contributed by atoms with Crippen LogP contribution in [0.5, 0.6) is 0 Å². The molecule has 0 aliphatic rings. The van der Waals surface area contributed by atoms with Gasteiger partial charge >= 0.3 is 11.9 Å². The summed E-state index contributed by atoms with van der Waals surface area (Å²) in [6.45, 7) is 2.03. The number of hydrogen-bond acceptors (Lipinski definition) is 7. The van der Waals surface area contributed by atoms with E-state index in [4.69, 9.17) is 13.9 Å². The van der Waals surface area contributed by atoms with Gasteiger partial charge in [0.25, 0.3) is 0 Å². The van der Waals surface area contributed by atoms with E-state index >= 15 is 0 Å². The summed E-state index contributed by atoms with van der Waals surface area (Å²) < 4.78 is 15.8. The van der Waals surface area contributed by atoms with Crippen molar-refractivity contribution in [3.8, 4) is 0 Å². The number of esters is 2. The number of ketones is 1. The lowest BCUT2D eigenvalue weighted by molar-refractivity contribution is -0.117. The first kappa shape index (κ1) is 20.3. The highest BCUT2D eigenvalue weighted by Crippen LogP contribution is 2.18. The standard InChI is InChI=1S/C21H22N2O6/c1-3-19(29-21(26)17-11-18-16(23-17)8-9-27-18)28-20(25)14-6-4-13(5-7-14)10-15(24)12-22-2/h4-9,11,19,22-23H,3,10,12H2,1-2H3. The third kappa shape index (κ3) is 5.11. The number of hydrogen-bond donors (Lipinski definition) is 2. The summed E-state index contributed by atoms with van der Waals surface area (Å²) in [5.41, 5.74) is 2.54. The number of rotatable bonds is 9. The molecule has 0 aliphatic heterocycles. The van der Waals surface area contributed by atoms with E-state index in [9.17, 15) is 14.4 Å². The van der Waals surface area contributed by atoms with Crippen LogP contribution in [-0.4, -0.2) is 42.6 Å². The van der Waals surface area contributed by atoms with Crippen molar-refractivity contribution < 1.29 is 28.3 Å².